The largest absolute Gasteiger partial charge is 0.382 e. The van der Waals surface area contributed by atoms with Gasteiger partial charge in [-0.15, -0.1) is 0 Å². The van der Waals surface area contributed by atoms with E-state index in [4.69, 9.17) is 4.74 Å². The third-order valence-electron chi connectivity index (χ3n) is 3.43. The van der Waals surface area contributed by atoms with Crippen molar-refractivity contribution in [2.24, 2.45) is 5.92 Å². The van der Waals surface area contributed by atoms with Gasteiger partial charge in [-0.3, -0.25) is 5.10 Å². The molecule has 0 amide bonds. The smallest absolute Gasteiger partial charge is 0.0651 e. The van der Waals surface area contributed by atoms with E-state index < -0.39 is 0 Å². The van der Waals surface area contributed by atoms with Crippen molar-refractivity contribution in [3.63, 3.8) is 0 Å². The molecule has 3 rings (SSSR count). The van der Waals surface area contributed by atoms with E-state index >= 15 is 0 Å². The molecule has 2 N–H and O–H groups in total. The van der Waals surface area contributed by atoms with Crippen LogP contribution in [0.25, 0.3) is 10.9 Å². The first-order chi connectivity index (χ1) is 8.33. The van der Waals surface area contributed by atoms with Crippen LogP contribution in [0.5, 0.6) is 0 Å². The Morgan fingerprint density at radius 2 is 2.41 bits per heavy atom. The van der Waals surface area contributed by atoms with Crippen molar-refractivity contribution in [2.75, 3.05) is 18.5 Å². The second kappa shape index (κ2) is 4.37. The van der Waals surface area contributed by atoms with Crippen LogP contribution in [0, 0.1) is 5.92 Å². The Morgan fingerprint density at radius 3 is 3.29 bits per heavy atom. The summed E-state index contributed by atoms with van der Waals surface area (Å²) in [6, 6.07) is 6.81. The fourth-order valence-electron chi connectivity index (χ4n) is 2.34. The highest BCUT2D eigenvalue weighted by Crippen LogP contribution is 2.22. The zero-order valence-electron chi connectivity index (χ0n) is 9.94. The maximum Gasteiger partial charge on any atom is 0.0651 e. The molecule has 0 spiro atoms. The van der Waals surface area contributed by atoms with Crippen molar-refractivity contribution in [3.8, 4) is 0 Å². The topological polar surface area (TPSA) is 49.9 Å². The number of nitrogens with one attached hydrogen (secondary N) is 2. The van der Waals surface area contributed by atoms with Crippen molar-refractivity contribution in [1.29, 1.82) is 0 Å². The van der Waals surface area contributed by atoms with Crippen molar-refractivity contribution in [3.05, 3.63) is 24.4 Å². The fourth-order valence-corrected chi connectivity index (χ4v) is 2.34. The zero-order valence-corrected chi connectivity index (χ0v) is 9.94. The van der Waals surface area contributed by atoms with E-state index in [1.165, 1.54) is 0 Å². The number of rotatable bonds is 2. The SMILES string of the molecule is C[C@H]1COCC[C@H]1Nc1ccc2[nH]ncc2c1. The van der Waals surface area contributed by atoms with Crippen LogP contribution in [0.4, 0.5) is 5.69 Å². The molecule has 0 unspecified atom stereocenters. The first-order valence-electron chi connectivity index (χ1n) is 6.10. The van der Waals surface area contributed by atoms with E-state index in [1.54, 1.807) is 0 Å². The van der Waals surface area contributed by atoms with E-state index in [9.17, 15) is 0 Å². The zero-order chi connectivity index (χ0) is 11.7. The minimum Gasteiger partial charge on any atom is -0.382 e. The second-order valence-corrected chi connectivity index (χ2v) is 4.76. The molecule has 1 aliphatic rings. The molecule has 0 radical (unpaired) electrons. The molecule has 2 heterocycles. The van der Waals surface area contributed by atoms with Crippen LogP contribution in [0.3, 0.4) is 0 Å². The van der Waals surface area contributed by atoms with Crippen LogP contribution in [0.2, 0.25) is 0 Å². The third-order valence-corrected chi connectivity index (χ3v) is 3.43. The van der Waals surface area contributed by atoms with Gasteiger partial charge in [0.2, 0.25) is 0 Å². The number of ether oxygens (including phenoxy) is 1. The Balaban J connectivity index is 1.79. The van der Waals surface area contributed by atoms with E-state index in [0.717, 1.165) is 36.2 Å². The Kier molecular flexibility index (Phi) is 2.73. The van der Waals surface area contributed by atoms with Crippen molar-refractivity contribution in [1.82, 2.24) is 10.2 Å². The summed E-state index contributed by atoms with van der Waals surface area (Å²) >= 11 is 0. The molecule has 17 heavy (non-hydrogen) atoms. The van der Waals surface area contributed by atoms with Gasteiger partial charge in [-0.2, -0.15) is 5.10 Å². The van der Waals surface area contributed by atoms with Gasteiger partial charge in [0.05, 0.1) is 18.3 Å². The Bertz CT molecular complexity index is 508. The predicted octanol–water partition coefficient (Wildman–Crippen LogP) is 2.40. The normalized spacial score (nSPS) is 25.0. The lowest BCUT2D eigenvalue weighted by Gasteiger charge is -2.30. The Hall–Kier alpha value is -1.55. The van der Waals surface area contributed by atoms with E-state index in [1.807, 2.05) is 6.20 Å². The molecule has 1 saturated heterocycles. The highest BCUT2D eigenvalue weighted by Gasteiger charge is 2.21. The van der Waals surface area contributed by atoms with Crippen LogP contribution >= 0.6 is 0 Å². The van der Waals surface area contributed by atoms with Crippen molar-refractivity contribution >= 4 is 16.6 Å². The molecule has 0 aliphatic carbocycles. The summed E-state index contributed by atoms with van der Waals surface area (Å²) in [7, 11) is 0. The summed E-state index contributed by atoms with van der Waals surface area (Å²) in [6.45, 7) is 3.94. The quantitative estimate of drug-likeness (QED) is 0.834. The number of hydrogen-bond acceptors (Lipinski definition) is 3. The Morgan fingerprint density at radius 1 is 1.47 bits per heavy atom. The van der Waals surface area contributed by atoms with Crippen LogP contribution < -0.4 is 5.32 Å². The van der Waals surface area contributed by atoms with Crippen LogP contribution in [-0.4, -0.2) is 29.5 Å². The third kappa shape index (κ3) is 2.13. The molecular formula is C13H17N3O. The molecule has 1 fully saturated rings. The summed E-state index contributed by atoms with van der Waals surface area (Å²) in [5, 5.41) is 11.7. The van der Waals surface area contributed by atoms with Crippen molar-refractivity contribution < 1.29 is 4.74 Å². The average Bonchev–Trinajstić information content (AvgIpc) is 2.79. The fraction of sp³-hybridized carbons (Fsp3) is 0.462. The maximum absolute atomic E-state index is 5.45. The number of hydrogen-bond donors (Lipinski definition) is 2. The molecule has 90 valence electrons. The van der Waals surface area contributed by atoms with Gasteiger partial charge in [-0.1, -0.05) is 6.92 Å². The van der Waals surface area contributed by atoms with Gasteiger partial charge in [0.25, 0.3) is 0 Å². The van der Waals surface area contributed by atoms with Gasteiger partial charge in [-0.25, -0.2) is 0 Å². The minimum atomic E-state index is 0.508. The van der Waals surface area contributed by atoms with Crippen molar-refractivity contribution in [2.45, 2.75) is 19.4 Å². The van der Waals surface area contributed by atoms with Gasteiger partial charge in [-0.05, 0) is 30.5 Å². The summed E-state index contributed by atoms with van der Waals surface area (Å²) in [5.41, 5.74) is 2.24. The minimum absolute atomic E-state index is 0.508. The number of fused-ring (bicyclic) bond motifs is 1. The molecule has 4 heteroatoms. The lowest BCUT2D eigenvalue weighted by atomic mass is 9.97. The summed E-state index contributed by atoms with van der Waals surface area (Å²) in [6.07, 6.45) is 2.93. The highest BCUT2D eigenvalue weighted by atomic mass is 16.5. The lowest BCUT2D eigenvalue weighted by molar-refractivity contribution is 0.0538. The van der Waals surface area contributed by atoms with E-state index in [0.29, 0.717) is 12.0 Å². The standard InChI is InChI=1S/C13H17N3O/c1-9-8-17-5-4-12(9)15-11-2-3-13-10(6-11)7-14-16-13/h2-3,6-7,9,12,15H,4-5,8H2,1H3,(H,14,16)/t9-,12+/m0/s1. The first kappa shape index (κ1) is 10.6. The van der Waals surface area contributed by atoms with Crippen LogP contribution in [0.15, 0.2) is 24.4 Å². The van der Waals surface area contributed by atoms with Gasteiger partial charge in [0.1, 0.15) is 0 Å². The van der Waals surface area contributed by atoms with Gasteiger partial charge < -0.3 is 10.1 Å². The molecule has 1 aromatic carbocycles. The molecular weight excluding hydrogens is 214 g/mol. The molecule has 4 nitrogen and oxygen atoms in total. The number of aromatic amines is 1. The first-order valence-corrected chi connectivity index (χ1v) is 6.10. The second-order valence-electron chi connectivity index (χ2n) is 4.76. The van der Waals surface area contributed by atoms with E-state index in [2.05, 4.69) is 40.6 Å². The summed E-state index contributed by atoms with van der Waals surface area (Å²) < 4.78 is 5.45. The number of aromatic nitrogens is 2. The van der Waals surface area contributed by atoms with Gasteiger partial charge >= 0.3 is 0 Å². The molecule has 1 aromatic heterocycles. The lowest BCUT2D eigenvalue weighted by Crippen LogP contribution is -2.35. The van der Waals surface area contributed by atoms with E-state index in [-0.39, 0.29) is 0 Å². The monoisotopic (exact) mass is 231 g/mol. The number of anilines is 1. The summed E-state index contributed by atoms with van der Waals surface area (Å²) in [5.74, 6) is 0.559. The molecule has 2 atom stereocenters. The number of benzene rings is 1. The Labute approximate surface area is 100 Å². The molecule has 2 aromatic rings. The van der Waals surface area contributed by atoms with Gasteiger partial charge in [0.15, 0.2) is 0 Å². The summed E-state index contributed by atoms with van der Waals surface area (Å²) in [4.78, 5) is 0. The molecule has 0 saturated carbocycles. The van der Waals surface area contributed by atoms with Gasteiger partial charge in [0, 0.05) is 23.7 Å². The number of H-pyrrole nitrogens is 1. The highest BCUT2D eigenvalue weighted by molar-refractivity contribution is 5.81. The number of nitrogens with zero attached hydrogens (tertiary/aromatic N) is 1. The molecule has 0 bridgehead atoms. The average molecular weight is 231 g/mol. The predicted molar refractivity (Wildman–Crippen MR) is 68.1 cm³/mol. The van der Waals surface area contributed by atoms with Crippen LogP contribution in [-0.2, 0) is 4.74 Å². The van der Waals surface area contributed by atoms with Crippen LogP contribution in [0.1, 0.15) is 13.3 Å². The molecule has 1 aliphatic heterocycles. The maximum atomic E-state index is 5.45.